The van der Waals surface area contributed by atoms with E-state index in [0.717, 1.165) is 0 Å². The molecule has 0 fully saturated rings. The number of nitrogen functional groups attached to an aromatic ring is 1. The fourth-order valence-corrected chi connectivity index (χ4v) is 1.41. The number of hydrogen-bond acceptors (Lipinski definition) is 2. The molecule has 0 unspecified atom stereocenters. The van der Waals surface area contributed by atoms with Crippen LogP contribution in [0.25, 0.3) is 0 Å². The fraction of sp³-hybridized carbons (Fsp3) is 0.125. The zero-order chi connectivity index (χ0) is 10.0. The summed E-state index contributed by atoms with van der Waals surface area (Å²) in [7, 11) is 0. The topological polar surface area (TPSA) is 63.3 Å². The lowest BCUT2D eigenvalue weighted by Crippen LogP contribution is -2.03. The minimum atomic E-state index is -1.01. The van der Waals surface area contributed by atoms with Gasteiger partial charge in [-0.1, -0.05) is 6.07 Å². The van der Waals surface area contributed by atoms with Gasteiger partial charge < -0.3 is 10.8 Å². The van der Waals surface area contributed by atoms with E-state index in [1.807, 2.05) is 0 Å². The fourth-order valence-electron chi connectivity index (χ4n) is 0.904. The average molecular weight is 248 g/mol. The Labute approximate surface area is 82.5 Å². The van der Waals surface area contributed by atoms with Crippen molar-refractivity contribution in [1.29, 1.82) is 0 Å². The van der Waals surface area contributed by atoms with Crippen LogP contribution in [0.2, 0.25) is 0 Å². The Morgan fingerprint density at radius 2 is 2.23 bits per heavy atom. The van der Waals surface area contributed by atoms with Gasteiger partial charge in [-0.05, 0) is 27.6 Å². The smallest absolute Gasteiger partial charge is 0.307 e. The minimum absolute atomic E-state index is 0.000939. The monoisotopic (exact) mass is 247 g/mol. The van der Waals surface area contributed by atoms with E-state index >= 15 is 0 Å². The van der Waals surface area contributed by atoms with Crippen molar-refractivity contribution < 1.29 is 14.3 Å². The maximum Gasteiger partial charge on any atom is 0.307 e. The first-order chi connectivity index (χ1) is 6.02. The molecule has 0 aliphatic heterocycles. The number of aliphatic carboxylic acids is 1. The third-order valence-corrected chi connectivity index (χ3v) is 2.39. The second-order valence-corrected chi connectivity index (χ2v) is 3.31. The van der Waals surface area contributed by atoms with Crippen molar-refractivity contribution >= 4 is 27.6 Å². The molecule has 3 N–H and O–H groups in total. The first-order valence-electron chi connectivity index (χ1n) is 3.46. The highest BCUT2D eigenvalue weighted by Crippen LogP contribution is 2.25. The summed E-state index contributed by atoms with van der Waals surface area (Å²) in [5.41, 5.74) is 5.64. The molecule has 0 spiro atoms. The maximum atomic E-state index is 13.1. The van der Waals surface area contributed by atoms with E-state index in [4.69, 9.17) is 10.8 Å². The molecule has 0 bridgehead atoms. The summed E-state index contributed by atoms with van der Waals surface area (Å²) in [6, 6.07) is 2.83. The summed E-state index contributed by atoms with van der Waals surface area (Å²) >= 11 is 2.94. The zero-order valence-electron chi connectivity index (χ0n) is 6.55. The number of anilines is 1. The normalized spacial score (nSPS) is 10.0. The molecule has 5 heteroatoms. The van der Waals surface area contributed by atoms with Crippen LogP contribution >= 0.6 is 15.9 Å². The van der Waals surface area contributed by atoms with Crippen molar-refractivity contribution in [2.45, 2.75) is 6.42 Å². The number of carboxylic acid groups (broad SMARTS) is 1. The maximum absolute atomic E-state index is 13.1. The van der Waals surface area contributed by atoms with Gasteiger partial charge in [-0.25, -0.2) is 4.39 Å². The Morgan fingerprint density at radius 1 is 1.62 bits per heavy atom. The first-order valence-corrected chi connectivity index (χ1v) is 4.26. The molecule has 1 rings (SSSR count). The van der Waals surface area contributed by atoms with Gasteiger partial charge in [0.1, 0.15) is 0 Å². The van der Waals surface area contributed by atoms with Crippen molar-refractivity contribution in [3.05, 3.63) is 28.0 Å². The Morgan fingerprint density at radius 3 is 2.77 bits per heavy atom. The van der Waals surface area contributed by atoms with Gasteiger partial charge in [-0.15, -0.1) is 0 Å². The number of rotatable bonds is 2. The van der Waals surface area contributed by atoms with Crippen LogP contribution in [0.3, 0.4) is 0 Å². The van der Waals surface area contributed by atoms with Crippen LogP contribution in [-0.2, 0) is 11.2 Å². The summed E-state index contributed by atoms with van der Waals surface area (Å²) < 4.78 is 13.2. The zero-order valence-corrected chi connectivity index (χ0v) is 8.14. The molecule has 0 aliphatic rings. The lowest BCUT2D eigenvalue weighted by molar-refractivity contribution is -0.136. The largest absolute Gasteiger partial charge is 0.481 e. The predicted octanol–water partition coefficient (Wildman–Crippen LogP) is 1.80. The van der Waals surface area contributed by atoms with Gasteiger partial charge in [0.2, 0.25) is 0 Å². The van der Waals surface area contributed by atoms with Crippen LogP contribution in [0.4, 0.5) is 10.1 Å². The molecule has 0 amide bonds. The Hall–Kier alpha value is -1.10. The number of halogens is 2. The molecule has 1 aromatic carbocycles. The SMILES string of the molecule is Nc1ccc(CC(=O)O)c(Br)c1F. The summed E-state index contributed by atoms with van der Waals surface area (Å²) in [5, 5.41) is 8.48. The summed E-state index contributed by atoms with van der Waals surface area (Å²) in [6.45, 7) is 0. The summed E-state index contributed by atoms with van der Waals surface area (Å²) in [4.78, 5) is 10.3. The third kappa shape index (κ3) is 2.18. The number of hydrogen-bond donors (Lipinski definition) is 2. The van der Waals surface area contributed by atoms with Crippen LogP contribution < -0.4 is 5.73 Å². The standard InChI is InChI=1S/C8H7BrFNO2/c9-7-4(3-6(12)13)1-2-5(11)8(7)10/h1-2H,3,11H2,(H,12,13). The van der Waals surface area contributed by atoms with Crippen molar-refractivity contribution in [2.24, 2.45) is 0 Å². The Kier molecular flexibility index (Phi) is 2.87. The third-order valence-electron chi connectivity index (χ3n) is 1.53. The molecule has 1 aromatic rings. The quantitative estimate of drug-likeness (QED) is 0.784. The van der Waals surface area contributed by atoms with Crippen LogP contribution in [-0.4, -0.2) is 11.1 Å². The van der Waals surface area contributed by atoms with Gasteiger partial charge in [0, 0.05) is 0 Å². The van der Waals surface area contributed by atoms with Crippen LogP contribution in [0, 0.1) is 5.82 Å². The highest BCUT2D eigenvalue weighted by molar-refractivity contribution is 9.10. The van der Waals surface area contributed by atoms with Gasteiger partial charge in [-0.2, -0.15) is 0 Å². The van der Waals surface area contributed by atoms with Crippen molar-refractivity contribution in [1.82, 2.24) is 0 Å². The average Bonchev–Trinajstić information content (AvgIpc) is 2.06. The predicted molar refractivity (Wildman–Crippen MR) is 49.9 cm³/mol. The number of nitrogens with two attached hydrogens (primary N) is 1. The van der Waals surface area contributed by atoms with E-state index in [1.165, 1.54) is 12.1 Å². The van der Waals surface area contributed by atoms with E-state index in [-0.39, 0.29) is 16.6 Å². The van der Waals surface area contributed by atoms with Crippen LogP contribution in [0.1, 0.15) is 5.56 Å². The molecule has 0 heterocycles. The van der Waals surface area contributed by atoms with E-state index in [1.54, 1.807) is 0 Å². The summed E-state index contributed by atoms with van der Waals surface area (Å²) in [5.74, 6) is -1.62. The molecular formula is C8H7BrFNO2. The van der Waals surface area contributed by atoms with E-state index < -0.39 is 11.8 Å². The number of carboxylic acids is 1. The molecule has 0 aromatic heterocycles. The molecule has 0 saturated heterocycles. The molecule has 3 nitrogen and oxygen atoms in total. The Bertz CT molecular complexity index is 354. The molecule has 70 valence electrons. The van der Waals surface area contributed by atoms with Crippen molar-refractivity contribution in [2.75, 3.05) is 5.73 Å². The van der Waals surface area contributed by atoms with E-state index in [2.05, 4.69) is 15.9 Å². The number of carbonyl (C=O) groups is 1. The molecule has 0 radical (unpaired) electrons. The molecule has 13 heavy (non-hydrogen) atoms. The highest BCUT2D eigenvalue weighted by Gasteiger charge is 2.11. The van der Waals surface area contributed by atoms with Crippen molar-refractivity contribution in [3.8, 4) is 0 Å². The molecular weight excluding hydrogens is 241 g/mol. The van der Waals surface area contributed by atoms with Crippen molar-refractivity contribution in [3.63, 3.8) is 0 Å². The number of benzene rings is 1. The highest BCUT2D eigenvalue weighted by atomic mass is 79.9. The van der Waals surface area contributed by atoms with Gasteiger partial charge in [0.25, 0.3) is 0 Å². The second kappa shape index (κ2) is 3.74. The Balaban J connectivity index is 3.10. The van der Waals surface area contributed by atoms with Gasteiger partial charge in [-0.3, -0.25) is 4.79 Å². The van der Waals surface area contributed by atoms with Gasteiger partial charge in [0.05, 0.1) is 16.6 Å². The second-order valence-electron chi connectivity index (χ2n) is 2.51. The van der Waals surface area contributed by atoms with Gasteiger partial charge in [0.15, 0.2) is 5.82 Å². The summed E-state index contributed by atoms with van der Waals surface area (Å²) in [6.07, 6.45) is -0.224. The van der Waals surface area contributed by atoms with Gasteiger partial charge >= 0.3 is 5.97 Å². The first kappa shape index (κ1) is 9.98. The van der Waals surface area contributed by atoms with Crippen LogP contribution in [0.15, 0.2) is 16.6 Å². The lowest BCUT2D eigenvalue weighted by atomic mass is 10.1. The molecule has 0 saturated carbocycles. The van der Waals surface area contributed by atoms with Crippen LogP contribution in [0.5, 0.6) is 0 Å². The minimum Gasteiger partial charge on any atom is -0.481 e. The van der Waals surface area contributed by atoms with E-state index in [9.17, 15) is 9.18 Å². The molecule has 0 aliphatic carbocycles. The lowest BCUT2D eigenvalue weighted by Gasteiger charge is -2.04. The molecule has 0 atom stereocenters. The van der Waals surface area contributed by atoms with E-state index in [0.29, 0.717) is 5.56 Å².